The van der Waals surface area contributed by atoms with Crippen LogP contribution < -0.4 is 0 Å². The molecule has 0 unspecified atom stereocenters. The summed E-state index contributed by atoms with van der Waals surface area (Å²) in [6.07, 6.45) is 0. The van der Waals surface area contributed by atoms with Crippen LogP contribution in [0.4, 0.5) is 0 Å². The van der Waals surface area contributed by atoms with Crippen molar-refractivity contribution >= 4 is 108 Å². The highest BCUT2D eigenvalue weighted by Gasteiger charge is 2.23. The fourth-order valence-corrected chi connectivity index (χ4v) is 11.2. The van der Waals surface area contributed by atoms with Crippen molar-refractivity contribution in [3.05, 3.63) is 206 Å². The zero-order valence-electron chi connectivity index (χ0n) is 34.4. The molecule has 4 nitrogen and oxygen atoms in total. The standard InChI is InChI=1S/C60H34N4/c1-2-14-45(15-3-1)63-52-19-7-5-17-48(52)58-53(63)29-28-47-46-16-4-6-18-51(46)64(59(47)58)60-61-49(43-30-39-24-20-35-10-8-11-36-21-25-40(31-43)56(39)54(35)36)34-50(62-60)44-32-41-26-22-37-12-9-13-38-23-27-42(33-44)57(41)55(37)38/h1-34H. The topological polar surface area (TPSA) is 35.6 Å². The summed E-state index contributed by atoms with van der Waals surface area (Å²) in [6.45, 7) is 0. The Bertz CT molecular complexity index is 4130. The van der Waals surface area contributed by atoms with Crippen molar-refractivity contribution in [1.29, 1.82) is 0 Å². The summed E-state index contributed by atoms with van der Waals surface area (Å²) in [5.74, 6) is 0.637. The second kappa shape index (κ2) is 12.5. The van der Waals surface area contributed by atoms with Crippen LogP contribution in [-0.4, -0.2) is 19.1 Å². The van der Waals surface area contributed by atoms with Crippen LogP contribution in [0.1, 0.15) is 0 Å². The first-order chi connectivity index (χ1) is 31.7. The molecular weight excluding hydrogens is 777 g/mol. The predicted octanol–water partition coefficient (Wildman–Crippen LogP) is 15.8. The SMILES string of the molecule is c1ccc(-n2c3ccccc3c3c2ccc2c4ccccc4n(-c4nc(-c5cc6ccc7cccc8ccc(c5)c6c78)cc(-c5cc6ccc7cccc8ccc(c5)c6c78)n4)c23)cc1. The van der Waals surface area contributed by atoms with Gasteiger partial charge >= 0.3 is 0 Å². The van der Waals surface area contributed by atoms with E-state index in [1.54, 1.807) is 0 Å². The molecular formula is C60H34N4. The highest BCUT2D eigenvalue weighted by molar-refractivity contribution is 6.27. The lowest BCUT2D eigenvalue weighted by molar-refractivity contribution is 0.998. The normalized spacial score (nSPS) is 12.4. The summed E-state index contributed by atoms with van der Waals surface area (Å²) in [6, 6.07) is 75.5. The second-order valence-corrected chi connectivity index (χ2v) is 17.4. The number of aromatic nitrogens is 4. The quantitative estimate of drug-likeness (QED) is 0.166. The molecule has 12 aromatic carbocycles. The maximum absolute atomic E-state index is 5.65. The smallest absolute Gasteiger partial charge is 0.235 e. The molecule has 294 valence electrons. The van der Waals surface area contributed by atoms with E-state index in [0.717, 1.165) is 55.7 Å². The summed E-state index contributed by atoms with van der Waals surface area (Å²) in [7, 11) is 0. The van der Waals surface area contributed by atoms with Crippen molar-refractivity contribution in [1.82, 2.24) is 19.1 Å². The average molecular weight is 811 g/mol. The number of hydrogen-bond acceptors (Lipinski definition) is 2. The van der Waals surface area contributed by atoms with Crippen molar-refractivity contribution in [2.45, 2.75) is 0 Å². The average Bonchev–Trinajstić information content (AvgIpc) is 3.88. The van der Waals surface area contributed by atoms with Crippen LogP contribution in [0.3, 0.4) is 0 Å². The minimum Gasteiger partial charge on any atom is -0.309 e. The molecule has 0 radical (unpaired) electrons. The predicted molar refractivity (Wildman–Crippen MR) is 269 cm³/mol. The van der Waals surface area contributed by atoms with Crippen LogP contribution in [0.25, 0.3) is 142 Å². The molecule has 3 heterocycles. The molecule has 3 aromatic heterocycles. The van der Waals surface area contributed by atoms with Gasteiger partial charge in [0, 0.05) is 38.4 Å². The Labute approximate surface area is 366 Å². The van der Waals surface area contributed by atoms with Crippen LogP contribution >= 0.6 is 0 Å². The zero-order chi connectivity index (χ0) is 41.6. The van der Waals surface area contributed by atoms with Gasteiger partial charge in [0.25, 0.3) is 0 Å². The van der Waals surface area contributed by atoms with Crippen molar-refractivity contribution in [2.24, 2.45) is 0 Å². The summed E-state index contributed by atoms with van der Waals surface area (Å²) >= 11 is 0. The third-order valence-electron chi connectivity index (χ3n) is 13.9. The largest absolute Gasteiger partial charge is 0.309 e. The van der Waals surface area contributed by atoms with Crippen molar-refractivity contribution in [2.75, 3.05) is 0 Å². The highest BCUT2D eigenvalue weighted by Crippen LogP contribution is 2.44. The zero-order valence-corrected chi connectivity index (χ0v) is 34.4. The number of nitrogens with zero attached hydrogens (tertiary/aromatic N) is 4. The van der Waals surface area contributed by atoms with E-state index in [0.29, 0.717) is 5.95 Å². The maximum Gasteiger partial charge on any atom is 0.235 e. The molecule has 15 rings (SSSR count). The number of fused-ring (bicyclic) bond motifs is 7. The van der Waals surface area contributed by atoms with E-state index < -0.39 is 0 Å². The number of para-hydroxylation sites is 3. The van der Waals surface area contributed by atoms with E-state index in [4.69, 9.17) is 9.97 Å². The second-order valence-electron chi connectivity index (χ2n) is 17.4. The van der Waals surface area contributed by atoms with Crippen LogP contribution in [0.5, 0.6) is 0 Å². The third-order valence-corrected chi connectivity index (χ3v) is 13.9. The first-order valence-electron chi connectivity index (χ1n) is 22.0. The number of rotatable bonds is 4. The Kier molecular flexibility index (Phi) is 6.65. The van der Waals surface area contributed by atoms with Gasteiger partial charge in [-0.05, 0) is 125 Å². The monoisotopic (exact) mass is 810 g/mol. The Hall–Kier alpha value is -8.60. The summed E-state index contributed by atoms with van der Waals surface area (Å²) < 4.78 is 4.72. The van der Waals surface area contributed by atoms with Crippen molar-refractivity contribution in [3.63, 3.8) is 0 Å². The molecule has 0 bridgehead atoms. The molecule has 0 amide bonds. The number of hydrogen-bond donors (Lipinski definition) is 0. The molecule has 0 fully saturated rings. The summed E-state index contributed by atoms with van der Waals surface area (Å²) in [5.41, 5.74) is 9.44. The molecule has 0 spiro atoms. The Morgan fingerprint density at radius 2 is 0.734 bits per heavy atom. The molecule has 15 aromatic rings. The van der Waals surface area contributed by atoms with Gasteiger partial charge in [-0.1, -0.05) is 146 Å². The van der Waals surface area contributed by atoms with Gasteiger partial charge in [-0.2, -0.15) is 0 Å². The molecule has 0 saturated heterocycles. The van der Waals surface area contributed by atoms with Gasteiger partial charge in [0.15, 0.2) is 0 Å². The molecule has 0 atom stereocenters. The van der Waals surface area contributed by atoms with Gasteiger partial charge in [-0.3, -0.25) is 4.57 Å². The van der Waals surface area contributed by atoms with Crippen molar-refractivity contribution < 1.29 is 0 Å². The molecule has 0 aliphatic heterocycles. The van der Waals surface area contributed by atoms with E-state index >= 15 is 0 Å². The molecule has 0 aliphatic carbocycles. The lowest BCUT2D eigenvalue weighted by atomic mass is 9.91. The lowest BCUT2D eigenvalue weighted by Crippen LogP contribution is -2.04. The molecule has 64 heavy (non-hydrogen) atoms. The fourth-order valence-electron chi connectivity index (χ4n) is 11.2. The lowest BCUT2D eigenvalue weighted by Gasteiger charge is -2.16. The van der Waals surface area contributed by atoms with Crippen LogP contribution in [0.15, 0.2) is 206 Å². The molecule has 0 saturated carbocycles. The van der Waals surface area contributed by atoms with E-state index in [1.807, 2.05) is 0 Å². The Morgan fingerprint density at radius 3 is 1.28 bits per heavy atom. The van der Waals surface area contributed by atoms with E-state index in [2.05, 4.69) is 215 Å². The van der Waals surface area contributed by atoms with E-state index in [-0.39, 0.29) is 0 Å². The summed E-state index contributed by atoms with van der Waals surface area (Å²) in [5, 5.41) is 19.7. The van der Waals surface area contributed by atoms with Gasteiger partial charge < -0.3 is 4.57 Å². The molecule has 0 N–H and O–H groups in total. The first-order valence-corrected chi connectivity index (χ1v) is 22.0. The minimum absolute atomic E-state index is 0.637. The highest BCUT2D eigenvalue weighted by atomic mass is 15.2. The van der Waals surface area contributed by atoms with Gasteiger partial charge in [0.05, 0.1) is 33.5 Å². The van der Waals surface area contributed by atoms with Crippen LogP contribution in [0, 0.1) is 0 Å². The first kappa shape index (κ1) is 34.0. The van der Waals surface area contributed by atoms with Crippen LogP contribution in [-0.2, 0) is 0 Å². The molecule has 0 aliphatic rings. The third kappa shape index (κ3) is 4.61. The van der Waals surface area contributed by atoms with Crippen molar-refractivity contribution in [3.8, 4) is 34.2 Å². The maximum atomic E-state index is 5.65. The van der Waals surface area contributed by atoms with E-state index in [9.17, 15) is 0 Å². The minimum atomic E-state index is 0.637. The van der Waals surface area contributed by atoms with Gasteiger partial charge in [-0.25, -0.2) is 9.97 Å². The van der Waals surface area contributed by atoms with Crippen LogP contribution in [0.2, 0.25) is 0 Å². The fraction of sp³-hybridized carbons (Fsp3) is 0. The Morgan fingerprint density at radius 1 is 0.281 bits per heavy atom. The van der Waals surface area contributed by atoms with Gasteiger partial charge in [0.2, 0.25) is 5.95 Å². The summed E-state index contributed by atoms with van der Waals surface area (Å²) in [4.78, 5) is 11.3. The van der Waals surface area contributed by atoms with E-state index in [1.165, 1.54) is 80.8 Å². The molecule has 4 heteroatoms. The Balaban J connectivity index is 1.06. The van der Waals surface area contributed by atoms with Gasteiger partial charge in [0.1, 0.15) is 0 Å². The number of benzene rings is 12. The van der Waals surface area contributed by atoms with Gasteiger partial charge in [-0.15, -0.1) is 0 Å².